The maximum absolute atomic E-state index is 5.31. The van der Waals surface area contributed by atoms with E-state index in [9.17, 15) is 0 Å². The molecule has 7 aromatic rings. The highest BCUT2D eigenvalue weighted by Crippen LogP contribution is 2.51. The largest absolute Gasteiger partial charge is 0.357 e. The fourth-order valence-corrected chi connectivity index (χ4v) is 7.32. The number of fused-ring (bicyclic) bond motifs is 11. The number of aliphatic imine (C=N–C) groups is 1. The van der Waals surface area contributed by atoms with Crippen molar-refractivity contribution in [3.8, 4) is 0 Å². The molecule has 0 saturated heterocycles. The Morgan fingerprint density at radius 3 is 2.50 bits per heavy atom. The molecule has 168 valence electrons. The Morgan fingerprint density at radius 2 is 1.58 bits per heavy atom. The molecule has 0 spiro atoms. The van der Waals surface area contributed by atoms with Gasteiger partial charge < -0.3 is 5.32 Å². The Bertz CT molecular complexity index is 2120. The minimum absolute atomic E-state index is 0.0590. The molecule has 36 heavy (non-hydrogen) atoms. The Labute approximate surface area is 210 Å². The van der Waals surface area contributed by atoms with Gasteiger partial charge in [-0.15, -0.1) is 11.3 Å². The lowest BCUT2D eigenvalue weighted by molar-refractivity contribution is 1.09. The molecular weight excluding hydrogens is 458 g/mol. The standard InChI is InChI=1S/C32H19N3S/c1-2-8-18(9-3-1)19-14-15-23-24(16-19)33-30-22-17-27-28(21-11-5-7-13-26(21)36-27)29-20-10-4-6-12-25(20)35(31(22)29)32(30)34-23/h1-17,23,34H. The fraction of sp³-hybridized carbons (Fsp3) is 0.0312. The van der Waals surface area contributed by atoms with E-state index in [1.54, 1.807) is 0 Å². The van der Waals surface area contributed by atoms with Crippen LogP contribution < -0.4 is 5.32 Å². The molecular formula is C32H19N3S. The quantitative estimate of drug-likeness (QED) is 0.252. The van der Waals surface area contributed by atoms with Gasteiger partial charge in [-0.3, -0.25) is 4.40 Å². The predicted molar refractivity (Wildman–Crippen MR) is 155 cm³/mol. The molecule has 1 aliphatic heterocycles. The van der Waals surface area contributed by atoms with Crippen LogP contribution in [0, 0.1) is 0 Å². The first-order chi connectivity index (χ1) is 17.8. The van der Waals surface area contributed by atoms with E-state index in [2.05, 4.69) is 113 Å². The first kappa shape index (κ1) is 18.9. The van der Waals surface area contributed by atoms with Crippen LogP contribution in [0.4, 0.5) is 11.5 Å². The summed E-state index contributed by atoms with van der Waals surface area (Å²) < 4.78 is 5.06. The maximum Gasteiger partial charge on any atom is 0.138 e. The van der Waals surface area contributed by atoms with Gasteiger partial charge in [0.05, 0.1) is 22.8 Å². The van der Waals surface area contributed by atoms with Gasteiger partial charge in [-0.1, -0.05) is 78.9 Å². The third-order valence-corrected chi connectivity index (χ3v) is 8.83. The van der Waals surface area contributed by atoms with Gasteiger partial charge in [-0.05, 0) is 35.4 Å². The van der Waals surface area contributed by atoms with Crippen molar-refractivity contribution in [1.82, 2.24) is 4.40 Å². The lowest BCUT2D eigenvalue weighted by Crippen LogP contribution is -2.30. The molecule has 2 aliphatic rings. The van der Waals surface area contributed by atoms with E-state index in [1.165, 1.54) is 58.5 Å². The summed E-state index contributed by atoms with van der Waals surface area (Å²) in [5.74, 6) is 1.09. The highest BCUT2D eigenvalue weighted by Gasteiger charge is 2.30. The second-order valence-corrected chi connectivity index (χ2v) is 10.7. The van der Waals surface area contributed by atoms with Crippen LogP contribution in [0.15, 0.2) is 108 Å². The molecule has 4 aromatic carbocycles. The van der Waals surface area contributed by atoms with Crippen LogP contribution in [0.25, 0.3) is 52.9 Å². The first-order valence-electron chi connectivity index (χ1n) is 12.3. The molecule has 0 fully saturated rings. The van der Waals surface area contributed by atoms with E-state index >= 15 is 0 Å². The number of nitrogens with one attached hydrogen (secondary N) is 1. The fourth-order valence-electron chi connectivity index (χ4n) is 6.17. The van der Waals surface area contributed by atoms with E-state index in [0.29, 0.717) is 0 Å². The molecule has 0 bridgehead atoms. The predicted octanol–water partition coefficient (Wildman–Crippen LogP) is 8.57. The molecule has 4 heterocycles. The van der Waals surface area contributed by atoms with Gasteiger partial charge >= 0.3 is 0 Å². The van der Waals surface area contributed by atoms with Crippen molar-refractivity contribution in [2.45, 2.75) is 6.04 Å². The van der Waals surface area contributed by atoms with Crippen molar-refractivity contribution in [1.29, 1.82) is 0 Å². The van der Waals surface area contributed by atoms with Crippen LogP contribution >= 0.6 is 11.3 Å². The number of thiophene rings is 1. The monoisotopic (exact) mass is 477 g/mol. The van der Waals surface area contributed by atoms with Crippen LogP contribution in [0.1, 0.15) is 5.56 Å². The normalized spacial score (nSPS) is 17.1. The van der Waals surface area contributed by atoms with E-state index in [1.807, 2.05) is 11.3 Å². The van der Waals surface area contributed by atoms with Gasteiger partial charge in [-0.25, -0.2) is 4.99 Å². The van der Waals surface area contributed by atoms with E-state index in [0.717, 1.165) is 17.2 Å². The van der Waals surface area contributed by atoms with Crippen LogP contribution in [0.2, 0.25) is 0 Å². The Morgan fingerprint density at radius 1 is 0.778 bits per heavy atom. The number of anilines is 1. The minimum atomic E-state index is 0.0590. The zero-order valence-corrected chi connectivity index (χ0v) is 20.0. The second kappa shape index (κ2) is 6.62. The smallest absolute Gasteiger partial charge is 0.138 e. The number of rotatable bonds is 1. The summed E-state index contributed by atoms with van der Waals surface area (Å²) in [6.07, 6.45) is 6.69. The summed E-state index contributed by atoms with van der Waals surface area (Å²) in [4.78, 5) is 5.31. The van der Waals surface area contributed by atoms with Crippen molar-refractivity contribution in [3.63, 3.8) is 0 Å². The topological polar surface area (TPSA) is 28.8 Å². The number of allylic oxidation sites excluding steroid dienone is 2. The molecule has 0 saturated carbocycles. The third kappa shape index (κ3) is 2.30. The van der Waals surface area contributed by atoms with Gasteiger partial charge in [-0.2, -0.15) is 0 Å². The number of benzene rings is 4. The number of hydrogen-bond acceptors (Lipinski definition) is 3. The number of para-hydroxylation sites is 1. The van der Waals surface area contributed by atoms with Crippen molar-refractivity contribution < 1.29 is 0 Å². The van der Waals surface area contributed by atoms with Gasteiger partial charge in [0.1, 0.15) is 11.5 Å². The number of nitrogens with zero attached hydrogens (tertiary/aromatic N) is 2. The van der Waals surface area contributed by atoms with Crippen molar-refractivity contribution in [2.75, 3.05) is 5.32 Å². The highest BCUT2D eigenvalue weighted by molar-refractivity contribution is 7.26. The Balaban J connectivity index is 1.41. The molecule has 3 aromatic heterocycles. The summed E-state index contributed by atoms with van der Waals surface area (Å²) in [7, 11) is 0. The average molecular weight is 478 g/mol. The van der Waals surface area contributed by atoms with E-state index in [-0.39, 0.29) is 6.04 Å². The average Bonchev–Trinajstić information content (AvgIpc) is 3.57. The lowest BCUT2D eigenvalue weighted by atomic mass is 9.94. The van der Waals surface area contributed by atoms with Crippen LogP contribution in [-0.2, 0) is 0 Å². The summed E-state index contributed by atoms with van der Waals surface area (Å²) in [5, 5.41) is 10.4. The summed E-state index contributed by atoms with van der Waals surface area (Å²) in [6, 6.07) is 30.5. The molecule has 0 radical (unpaired) electrons. The minimum Gasteiger partial charge on any atom is -0.357 e. The van der Waals surface area contributed by atoms with Gasteiger partial charge in [0.15, 0.2) is 0 Å². The van der Waals surface area contributed by atoms with Gasteiger partial charge in [0.2, 0.25) is 0 Å². The Hall–Kier alpha value is -4.41. The number of aromatic nitrogens is 1. The number of hydrogen-bond donors (Lipinski definition) is 1. The maximum atomic E-state index is 5.31. The van der Waals surface area contributed by atoms with Gasteiger partial charge in [0.25, 0.3) is 0 Å². The van der Waals surface area contributed by atoms with Crippen LogP contribution in [-0.4, -0.2) is 16.2 Å². The highest BCUT2D eigenvalue weighted by atomic mass is 32.1. The Kier molecular flexibility index (Phi) is 3.47. The van der Waals surface area contributed by atoms with Crippen molar-refractivity contribution in [3.05, 3.63) is 109 Å². The molecule has 3 nitrogen and oxygen atoms in total. The molecule has 1 aliphatic carbocycles. The third-order valence-electron chi connectivity index (χ3n) is 7.71. The SMILES string of the molecule is C1=CC2Nc3c(c4cc5sc6ccccc6c5c5c6ccccc6n3c45)N=C2C=C1c1ccccc1. The van der Waals surface area contributed by atoms with Gasteiger partial charge in [0, 0.05) is 36.3 Å². The van der Waals surface area contributed by atoms with Crippen molar-refractivity contribution in [2.24, 2.45) is 4.99 Å². The molecule has 1 unspecified atom stereocenters. The summed E-state index contributed by atoms with van der Waals surface area (Å²) in [5.41, 5.74) is 7.02. The molecule has 1 N–H and O–H groups in total. The summed E-state index contributed by atoms with van der Waals surface area (Å²) in [6.45, 7) is 0. The molecule has 4 heteroatoms. The molecule has 0 amide bonds. The van der Waals surface area contributed by atoms with Crippen molar-refractivity contribution >= 4 is 81.5 Å². The van der Waals surface area contributed by atoms with E-state index < -0.39 is 0 Å². The zero-order chi connectivity index (χ0) is 23.4. The second-order valence-electron chi connectivity index (χ2n) is 9.65. The zero-order valence-electron chi connectivity index (χ0n) is 19.2. The lowest BCUT2D eigenvalue weighted by Gasteiger charge is -2.25. The summed E-state index contributed by atoms with van der Waals surface area (Å²) >= 11 is 1.88. The molecule has 1 atom stereocenters. The first-order valence-corrected chi connectivity index (χ1v) is 13.1. The molecule has 9 rings (SSSR count). The van der Waals surface area contributed by atoms with E-state index in [4.69, 9.17) is 4.99 Å². The van der Waals surface area contributed by atoms with Crippen LogP contribution in [0.3, 0.4) is 0 Å². The van der Waals surface area contributed by atoms with Crippen LogP contribution in [0.5, 0.6) is 0 Å².